The number of carbonyl (C=O) groups is 1. The Morgan fingerprint density at radius 3 is 2.46 bits per heavy atom. The molecule has 3 aromatic carbocycles. The quantitative estimate of drug-likeness (QED) is 0.255. The lowest BCUT2D eigenvalue weighted by molar-refractivity contribution is -0.384. The zero-order valence-corrected chi connectivity index (χ0v) is 18.5. The number of hydrogen-bond donors (Lipinski definition) is 1. The fraction of sp³-hybridized carbons (Fsp3) is 0.0800. The molecule has 5 rings (SSSR count). The van der Waals surface area contributed by atoms with E-state index >= 15 is 0 Å². The first kappa shape index (κ1) is 21.8. The van der Waals surface area contributed by atoms with Gasteiger partial charge >= 0.3 is 0 Å². The van der Waals surface area contributed by atoms with Crippen LogP contribution in [-0.4, -0.2) is 32.4 Å². The molecule has 10 nitrogen and oxygen atoms in total. The summed E-state index contributed by atoms with van der Waals surface area (Å²) in [6.45, 7) is 2.52. The SMILES string of the molecule is CCOc1ccc(-n2nc3ccc(NC(=O)c4ccc(-c5ccc([N+](=O)[O-])cc5)o4)cc3n2)cc1. The summed E-state index contributed by atoms with van der Waals surface area (Å²) in [5.41, 5.74) is 3.22. The van der Waals surface area contributed by atoms with Gasteiger partial charge in [-0.15, -0.1) is 10.2 Å². The predicted molar refractivity (Wildman–Crippen MR) is 129 cm³/mol. The van der Waals surface area contributed by atoms with Crippen LogP contribution < -0.4 is 10.1 Å². The van der Waals surface area contributed by atoms with Crippen molar-refractivity contribution in [3.63, 3.8) is 0 Å². The lowest BCUT2D eigenvalue weighted by Crippen LogP contribution is -2.10. The molecular weight excluding hydrogens is 450 g/mol. The monoisotopic (exact) mass is 469 g/mol. The van der Waals surface area contributed by atoms with Crippen molar-refractivity contribution in [1.82, 2.24) is 15.0 Å². The number of amides is 1. The van der Waals surface area contributed by atoms with Gasteiger partial charge in [-0.05, 0) is 73.7 Å². The molecule has 35 heavy (non-hydrogen) atoms. The van der Waals surface area contributed by atoms with Crippen LogP contribution in [0.3, 0.4) is 0 Å². The van der Waals surface area contributed by atoms with Gasteiger partial charge in [-0.3, -0.25) is 14.9 Å². The van der Waals surface area contributed by atoms with Gasteiger partial charge in [0.2, 0.25) is 0 Å². The third-order valence-electron chi connectivity index (χ3n) is 5.21. The normalized spacial score (nSPS) is 10.9. The van der Waals surface area contributed by atoms with Crippen molar-refractivity contribution in [2.75, 3.05) is 11.9 Å². The Labute approximate surface area is 198 Å². The summed E-state index contributed by atoms with van der Waals surface area (Å²) in [5.74, 6) is 0.874. The van der Waals surface area contributed by atoms with E-state index in [-0.39, 0.29) is 11.4 Å². The van der Waals surface area contributed by atoms with Gasteiger partial charge in [-0.2, -0.15) is 4.80 Å². The van der Waals surface area contributed by atoms with Gasteiger partial charge in [0, 0.05) is 23.4 Å². The number of fused-ring (bicyclic) bond motifs is 1. The summed E-state index contributed by atoms with van der Waals surface area (Å²) in [7, 11) is 0. The Kier molecular flexibility index (Phi) is 5.68. The Morgan fingerprint density at radius 2 is 1.74 bits per heavy atom. The molecule has 0 saturated heterocycles. The fourth-order valence-corrected chi connectivity index (χ4v) is 3.51. The highest BCUT2D eigenvalue weighted by Crippen LogP contribution is 2.25. The molecule has 0 atom stereocenters. The minimum absolute atomic E-state index is 0.0203. The molecule has 0 aliphatic heterocycles. The van der Waals surface area contributed by atoms with Crippen molar-refractivity contribution in [3.8, 4) is 22.8 Å². The number of benzene rings is 3. The molecule has 5 aromatic rings. The molecule has 0 radical (unpaired) electrons. The average molecular weight is 469 g/mol. The van der Waals surface area contributed by atoms with E-state index in [1.807, 2.05) is 31.2 Å². The van der Waals surface area contributed by atoms with Crippen LogP contribution >= 0.6 is 0 Å². The van der Waals surface area contributed by atoms with Crippen LogP contribution in [0.1, 0.15) is 17.5 Å². The van der Waals surface area contributed by atoms with Crippen LogP contribution in [0.4, 0.5) is 11.4 Å². The summed E-state index contributed by atoms with van der Waals surface area (Å²) >= 11 is 0. The number of non-ortho nitro benzene ring substituents is 1. The first-order valence-electron chi connectivity index (χ1n) is 10.8. The largest absolute Gasteiger partial charge is 0.494 e. The molecule has 0 bridgehead atoms. The minimum atomic E-state index is -0.474. The summed E-state index contributed by atoms with van der Waals surface area (Å²) in [4.78, 5) is 24.6. The van der Waals surface area contributed by atoms with Crippen LogP contribution in [0.25, 0.3) is 28.0 Å². The summed E-state index contributed by atoms with van der Waals surface area (Å²) in [6, 6.07) is 21.8. The first-order chi connectivity index (χ1) is 17.0. The number of ether oxygens (including phenoxy) is 1. The molecule has 0 aliphatic carbocycles. The van der Waals surface area contributed by atoms with Crippen molar-refractivity contribution in [2.45, 2.75) is 6.92 Å². The van der Waals surface area contributed by atoms with E-state index in [0.717, 1.165) is 11.4 Å². The number of hydrogen-bond acceptors (Lipinski definition) is 7. The second-order valence-corrected chi connectivity index (χ2v) is 7.54. The predicted octanol–water partition coefficient (Wildman–Crippen LogP) is 5.24. The molecule has 0 spiro atoms. The molecule has 2 aromatic heterocycles. The Bertz CT molecular complexity index is 1520. The molecule has 1 amide bonds. The molecular formula is C25H19N5O5. The van der Waals surface area contributed by atoms with Gasteiger partial charge in [0.1, 0.15) is 22.5 Å². The van der Waals surface area contributed by atoms with E-state index in [1.54, 1.807) is 42.5 Å². The smallest absolute Gasteiger partial charge is 0.291 e. The maximum atomic E-state index is 12.7. The second kappa shape index (κ2) is 9.10. The van der Waals surface area contributed by atoms with E-state index in [2.05, 4.69) is 15.5 Å². The number of carbonyl (C=O) groups excluding carboxylic acids is 1. The van der Waals surface area contributed by atoms with Gasteiger partial charge in [0.05, 0.1) is 17.2 Å². The van der Waals surface area contributed by atoms with Gasteiger partial charge < -0.3 is 14.5 Å². The molecule has 0 aliphatic rings. The van der Waals surface area contributed by atoms with Gasteiger partial charge in [-0.25, -0.2) is 0 Å². The van der Waals surface area contributed by atoms with E-state index in [0.29, 0.717) is 34.7 Å². The second-order valence-electron chi connectivity index (χ2n) is 7.54. The highest BCUT2D eigenvalue weighted by molar-refractivity contribution is 6.03. The molecule has 174 valence electrons. The van der Waals surface area contributed by atoms with E-state index < -0.39 is 10.8 Å². The topological polar surface area (TPSA) is 125 Å². The summed E-state index contributed by atoms with van der Waals surface area (Å²) < 4.78 is 11.1. The number of nitro groups is 1. The van der Waals surface area contributed by atoms with Crippen LogP contribution in [0.15, 0.2) is 83.3 Å². The minimum Gasteiger partial charge on any atom is -0.494 e. The standard InChI is InChI=1S/C25H19N5O5/c1-2-34-20-10-8-18(9-11-20)29-27-21-12-5-17(15-22(21)28-29)26-25(31)24-14-13-23(35-24)16-3-6-19(7-4-16)30(32)33/h3-15H,2H2,1H3,(H,26,31). The van der Waals surface area contributed by atoms with Gasteiger partial charge in [0.15, 0.2) is 5.76 Å². The molecule has 2 heterocycles. The Morgan fingerprint density at radius 1 is 1.00 bits per heavy atom. The van der Waals surface area contributed by atoms with Crippen LogP contribution in [0, 0.1) is 10.1 Å². The van der Waals surface area contributed by atoms with E-state index in [9.17, 15) is 14.9 Å². The lowest BCUT2D eigenvalue weighted by atomic mass is 10.1. The number of rotatable bonds is 7. The van der Waals surface area contributed by atoms with E-state index in [4.69, 9.17) is 9.15 Å². The van der Waals surface area contributed by atoms with Crippen molar-refractivity contribution in [3.05, 3.63) is 94.7 Å². The van der Waals surface area contributed by atoms with Crippen LogP contribution in [0.2, 0.25) is 0 Å². The van der Waals surface area contributed by atoms with Crippen molar-refractivity contribution >= 4 is 28.3 Å². The summed E-state index contributed by atoms with van der Waals surface area (Å²) in [5, 5.41) is 22.6. The third-order valence-corrected chi connectivity index (χ3v) is 5.21. The maximum absolute atomic E-state index is 12.7. The number of nitrogens with one attached hydrogen (secondary N) is 1. The average Bonchev–Trinajstić information content (AvgIpc) is 3.52. The number of anilines is 1. The zero-order valence-electron chi connectivity index (χ0n) is 18.5. The first-order valence-corrected chi connectivity index (χ1v) is 10.8. The molecule has 1 N–H and O–H groups in total. The number of nitrogens with zero attached hydrogens (tertiary/aromatic N) is 4. The fourth-order valence-electron chi connectivity index (χ4n) is 3.51. The molecule has 0 fully saturated rings. The maximum Gasteiger partial charge on any atom is 0.291 e. The van der Waals surface area contributed by atoms with Crippen LogP contribution in [-0.2, 0) is 0 Å². The van der Waals surface area contributed by atoms with Gasteiger partial charge in [-0.1, -0.05) is 0 Å². The molecule has 0 saturated carbocycles. The summed E-state index contributed by atoms with van der Waals surface area (Å²) in [6.07, 6.45) is 0. The van der Waals surface area contributed by atoms with E-state index in [1.165, 1.54) is 16.9 Å². The van der Waals surface area contributed by atoms with Crippen molar-refractivity contribution in [2.24, 2.45) is 0 Å². The van der Waals surface area contributed by atoms with Crippen molar-refractivity contribution in [1.29, 1.82) is 0 Å². The Hall–Kier alpha value is -4.99. The van der Waals surface area contributed by atoms with Crippen LogP contribution in [0.5, 0.6) is 5.75 Å². The highest BCUT2D eigenvalue weighted by Gasteiger charge is 2.15. The Balaban J connectivity index is 1.31. The number of aromatic nitrogens is 3. The molecule has 10 heteroatoms. The number of nitro benzene ring substituents is 1. The lowest BCUT2D eigenvalue weighted by Gasteiger charge is -2.03. The third kappa shape index (κ3) is 4.58. The highest BCUT2D eigenvalue weighted by atomic mass is 16.6. The number of furan rings is 1. The molecule has 0 unspecified atom stereocenters. The zero-order chi connectivity index (χ0) is 24.4. The van der Waals surface area contributed by atoms with Crippen molar-refractivity contribution < 1.29 is 18.9 Å². The van der Waals surface area contributed by atoms with Gasteiger partial charge in [0.25, 0.3) is 11.6 Å².